The van der Waals surface area contributed by atoms with Gasteiger partial charge in [0.15, 0.2) is 0 Å². The van der Waals surface area contributed by atoms with Crippen molar-refractivity contribution in [2.45, 2.75) is 45.1 Å². The lowest BCUT2D eigenvalue weighted by Gasteiger charge is -2.11. The maximum Gasteiger partial charge on any atom is 0.262 e. The second-order valence-electron chi connectivity index (χ2n) is 7.47. The Morgan fingerprint density at radius 1 is 1.10 bits per heavy atom. The molecule has 0 aliphatic rings. The largest absolute Gasteiger partial charge is 0.346 e. The summed E-state index contributed by atoms with van der Waals surface area (Å²) >= 11 is 1.58. The first kappa shape index (κ1) is 22.0. The lowest BCUT2D eigenvalue weighted by Crippen LogP contribution is -2.23. The molecule has 0 spiro atoms. The third-order valence-corrected chi connectivity index (χ3v) is 7.24. The summed E-state index contributed by atoms with van der Waals surface area (Å²) < 4.78 is 28.0. The average molecular weight is 444 g/mol. The fourth-order valence-corrected chi connectivity index (χ4v) is 5.06. The van der Waals surface area contributed by atoms with Gasteiger partial charge < -0.3 is 5.32 Å². The Labute approximate surface area is 181 Å². The number of benzene rings is 2. The number of sulfonamides is 1. The zero-order chi connectivity index (χ0) is 21.9. The number of amides is 1. The minimum atomic E-state index is -3.71. The first-order valence-corrected chi connectivity index (χ1v) is 11.9. The smallest absolute Gasteiger partial charge is 0.262 e. The van der Waals surface area contributed by atoms with Gasteiger partial charge in [0.25, 0.3) is 15.9 Å². The first-order valence-electron chi connectivity index (χ1n) is 9.58. The van der Waals surface area contributed by atoms with Crippen LogP contribution in [-0.2, 0) is 16.6 Å². The van der Waals surface area contributed by atoms with Crippen LogP contribution in [0.5, 0.6) is 0 Å². The molecule has 1 amide bonds. The molecule has 6 nitrogen and oxygen atoms in total. The van der Waals surface area contributed by atoms with Gasteiger partial charge in [0.1, 0.15) is 0 Å². The Balaban J connectivity index is 1.65. The molecule has 0 aliphatic carbocycles. The van der Waals surface area contributed by atoms with E-state index in [2.05, 4.69) is 28.9 Å². The Morgan fingerprint density at radius 3 is 2.43 bits per heavy atom. The Hall–Kier alpha value is -2.71. The van der Waals surface area contributed by atoms with E-state index in [0.717, 1.165) is 16.3 Å². The van der Waals surface area contributed by atoms with Gasteiger partial charge in [0.2, 0.25) is 0 Å². The predicted molar refractivity (Wildman–Crippen MR) is 121 cm³/mol. The van der Waals surface area contributed by atoms with Gasteiger partial charge in [-0.15, -0.1) is 11.3 Å². The first-order chi connectivity index (χ1) is 14.2. The van der Waals surface area contributed by atoms with Crippen LogP contribution in [0, 0.1) is 13.8 Å². The molecular formula is C22H25N3O3S2. The standard InChI is InChI=1S/C22H25N3O3S2/c1-14(2)22-24-19(13-29-22)12-23-21(26)17-7-9-18(10-8-17)25-30(27,28)20-11-15(3)5-6-16(20)4/h5-11,13-14,25H,12H2,1-4H3,(H,23,26). The molecular weight excluding hydrogens is 418 g/mol. The van der Waals surface area contributed by atoms with Gasteiger partial charge in [-0.25, -0.2) is 13.4 Å². The summed E-state index contributed by atoms with van der Waals surface area (Å²) in [5, 5.41) is 5.83. The van der Waals surface area contributed by atoms with Crippen molar-refractivity contribution < 1.29 is 13.2 Å². The normalized spacial score (nSPS) is 11.5. The minimum absolute atomic E-state index is 0.238. The molecule has 0 bridgehead atoms. The molecule has 3 aromatic rings. The number of rotatable bonds is 7. The van der Waals surface area contributed by atoms with Crippen LogP contribution in [-0.4, -0.2) is 19.3 Å². The van der Waals surface area contributed by atoms with Gasteiger partial charge in [-0.1, -0.05) is 26.0 Å². The second-order valence-corrected chi connectivity index (χ2v) is 10.0. The highest BCUT2D eigenvalue weighted by molar-refractivity contribution is 7.92. The predicted octanol–water partition coefficient (Wildman–Crippen LogP) is 4.61. The van der Waals surface area contributed by atoms with Crippen LogP contribution in [0.3, 0.4) is 0 Å². The van der Waals surface area contributed by atoms with E-state index in [-0.39, 0.29) is 10.8 Å². The molecule has 2 aromatic carbocycles. The summed E-state index contributed by atoms with van der Waals surface area (Å²) in [6.45, 7) is 8.12. The van der Waals surface area contributed by atoms with Crippen molar-refractivity contribution in [1.29, 1.82) is 0 Å². The molecule has 2 N–H and O–H groups in total. The SMILES string of the molecule is Cc1ccc(C)c(S(=O)(=O)Nc2ccc(C(=O)NCc3csc(C(C)C)n3)cc2)c1. The molecule has 0 fully saturated rings. The second kappa shape index (κ2) is 8.97. The summed E-state index contributed by atoms with van der Waals surface area (Å²) in [7, 11) is -3.71. The molecule has 0 aliphatic heterocycles. The summed E-state index contributed by atoms with van der Waals surface area (Å²) in [5.41, 5.74) is 3.22. The fraction of sp³-hybridized carbons (Fsp3) is 0.273. The number of nitrogens with zero attached hydrogens (tertiary/aromatic N) is 1. The minimum Gasteiger partial charge on any atom is -0.346 e. The fourth-order valence-electron chi connectivity index (χ4n) is 2.84. The number of nitrogens with one attached hydrogen (secondary N) is 2. The molecule has 0 radical (unpaired) electrons. The van der Waals surface area contributed by atoms with Gasteiger partial charge in [-0.05, 0) is 55.3 Å². The van der Waals surface area contributed by atoms with Crippen LogP contribution in [0.4, 0.5) is 5.69 Å². The highest BCUT2D eigenvalue weighted by Gasteiger charge is 2.17. The molecule has 1 heterocycles. The average Bonchev–Trinajstić information content (AvgIpc) is 3.17. The highest BCUT2D eigenvalue weighted by atomic mass is 32.2. The van der Waals surface area contributed by atoms with Crippen LogP contribution < -0.4 is 10.0 Å². The van der Waals surface area contributed by atoms with Gasteiger partial charge in [0, 0.05) is 22.5 Å². The van der Waals surface area contributed by atoms with E-state index in [4.69, 9.17) is 0 Å². The number of thiazole rings is 1. The Kier molecular flexibility index (Phi) is 6.58. The van der Waals surface area contributed by atoms with Crippen molar-refractivity contribution in [2.75, 3.05) is 4.72 Å². The molecule has 1 aromatic heterocycles. The molecule has 30 heavy (non-hydrogen) atoms. The van der Waals surface area contributed by atoms with Crippen molar-refractivity contribution >= 4 is 33.0 Å². The van der Waals surface area contributed by atoms with Crippen LogP contribution in [0.25, 0.3) is 0 Å². The Morgan fingerprint density at radius 2 is 1.80 bits per heavy atom. The maximum absolute atomic E-state index is 12.7. The summed E-state index contributed by atoms with van der Waals surface area (Å²) in [4.78, 5) is 17.1. The number of aryl methyl sites for hydroxylation is 2. The monoisotopic (exact) mass is 443 g/mol. The number of carbonyl (C=O) groups is 1. The summed E-state index contributed by atoms with van der Waals surface area (Å²) in [6, 6.07) is 11.6. The van der Waals surface area contributed by atoms with Crippen LogP contribution in [0.2, 0.25) is 0 Å². The van der Waals surface area contributed by atoms with E-state index in [1.807, 2.05) is 18.4 Å². The number of anilines is 1. The van der Waals surface area contributed by atoms with E-state index >= 15 is 0 Å². The van der Waals surface area contributed by atoms with Crippen molar-refractivity contribution in [3.05, 3.63) is 75.2 Å². The summed E-state index contributed by atoms with van der Waals surface area (Å²) in [6.07, 6.45) is 0. The van der Waals surface area contributed by atoms with Gasteiger partial charge >= 0.3 is 0 Å². The molecule has 158 valence electrons. The lowest BCUT2D eigenvalue weighted by atomic mass is 10.2. The molecule has 0 saturated heterocycles. The number of hydrogen-bond donors (Lipinski definition) is 2. The van der Waals surface area contributed by atoms with Gasteiger partial charge in [0.05, 0.1) is 22.1 Å². The quantitative estimate of drug-likeness (QED) is 0.558. The molecule has 3 rings (SSSR count). The number of hydrogen-bond acceptors (Lipinski definition) is 5. The Bertz CT molecular complexity index is 1150. The van der Waals surface area contributed by atoms with Crippen LogP contribution in [0.15, 0.2) is 52.7 Å². The van der Waals surface area contributed by atoms with E-state index in [1.165, 1.54) is 0 Å². The topological polar surface area (TPSA) is 88.2 Å². The van der Waals surface area contributed by atoms with Gasteiger partial charge in [-0.3, -0.25) is 9.52 Å². The van der Waals surface area contributed by atoms with E-state index in [1.54, 1.807) is 54.7 Å². The van der Waals surface area contributed by atoms with Crippen molar-refractivity contribution in [3.63, 3.8) is 0 Å². The van der Waals surface area contributed by atoms with E-state index in [0.29, 0.717) is 29.3 Å². The molecule has 8 heteroatoms. The van der Waals surface area contributed by atoms with Crippen LogP contribution >= 0.6 is 11.3 Å². The number of aromatic nitrogens is 1. The highest BCUT2D eigenvalue weighted by Crippen LogP contribution is 2.21. The number of carbonyl (C=O) groups excluding carboxylic acids is 1. The zero-order valence-corrected chi connectivity index (χ0v) is 19.0. The zero-order valence-electron chi connectivity index (χ0n) is 17.4. The van der Waals surface area contributed by atoms with Crippen molar-refractivity contribution in [2.24, 2.45) is 0 Å². The molecule has 0 atom stereocenters. The maximum atomic E-state index is 12.7. The lowest BCUT2D eigenvalue weighted by molar-refractivity contribution is 0.0950. The van der Waals surface area contributed by atoms with Crippen molar-refractivity contribution in [3.8, 4) is 0 Å². The molecule has 0 unspecified atom stereocenters. The van der Waals surface area contributed by atoms with Gasteiger partial charge in [-0.2, -0.15) is 0 Å². The van der Waals surface area contributed by atoms with Crippen molar-refractivity contribution in [1.82, 2.24) is 10.3 Å². The third kappa shape index (κ3) is 5.25. The van der Waals surface area contributed by atoms with E-state index < -0.39 is 10.0 Å². The third-order valence-electron chi connectivity index (χ3n) is 4.53. The van der Waals surface area contributed by atoms with Crippen LogP contribution in [0.1, 0.15) is 52.0 Å². The summed E-state index contributed by atoms with van der Waals surface area (Å²) in [5.74, 6) is 0.123. The van der Waals surface area contributed by atoms with E-state index in [9.17, 15) is 13.2 Å². The molecule has 0 saturated carbocycles.